The van der Waals surface area contributed by atoms with E-state index in [1.807, 2.05) is 22.7 Å². The molecule has 0 aliphatic rings. The molecule has 0 nitrogen and oxygen atoms in total. The van der Waals surface area contributed by atoms with Crippen LogP contribution in [-0.2, 0) is 10.8 Å². The van der Waals surface area contributed by atoms with Gasteiger partial charge in [-0.1, -0.05) is 53.7 Å². The van der Waals surface area contributed by atoms with Crippen LogP contribution in [0.1, 0.15) is 52.7 Å². The van der Waals surface area contributed by atoms with Crippen LogP contribution in [0.2, 0.25) is 0 Å². The molecule has 0 amide bonds. The molecular formula is C28H26S2. The Kier molecular flexibility index (Phi) is 3.56. The zero-order valence-electron chi connectivity index (χ0n) is 18.4. The van der Waals surface area contributed by atoms with Gasteiger partial charge in [0.2, 0.25) is 0 Å². The average molecular weight is 427 g/mol. The molecule has 0 aliphatic carbocycles. The van der Waals surface area contributed by atoms with E-state index in [9.17, 15) is 0 Å². The van der Waals surface area contributed by atoms with Gasteiger partial charge in [-0.05, 0) is 78.5 Å². The maximum absolute atomic E-state index is 2.47. The normalized spacial score (nSPS) is 13.7. The van der Waals surface area contributed by atoms with Crippen molar-refractivity contribution in [2.24, 2.45) is 0 Å². The molecule has 0 radical (unpaired) electrons. The molecule has 6 rings (SSSR count). The van der Waals surface area contributed by atoms with E-state index < -0.39 is 0 Å². The van der Waals surface area contributed by atoms with E-state index in [2.05, 4.69) is 88.7 Å². The van der Waals surface area contributed by atoms with E-state index in [1.54, 1.807) is 0 Å². The molecule has 2 aromatic heterocycles. The largest absolute Gasteiger partial charge is 0.143 e. The van der Waals surface area contributed by atoms with Crippen molar-refractivity contribution in [3.63, 3.8) is 0 Å². The van der Waals surface area contributed by atoms with Crippen LogP contribution in [-0.4, -0.2) is 0 Å². The van der Waals surface area contributed by atoms with Gasteiger partial charge in [-0.3, -0.25) is 0 Å². The molecule has 4 aromatic carbocycles. The summed E-state index contributed by atoms with van der Waals surface area (Å²) in [5.41, 5.74) is 3.10. The Labute approximate surface area is 185 Å². The van der Waals surface area contributed by atoms with Gasteiger partial charge in [0.15, 0.2) is 0 Å². The van der Waals surface area contributed by atoms with E-state index in [1.165, 1.54) is 63.6 Å². The van der Waals surface area contributed by atoms with Crippen molar-refractivity contribution >= 4 is 75.2 Å². The maximum atomic E-state index is 2.47. The van der Waals surface area contributed by atoms with Gasteiger partial charge in [-0.25, -0.2) is 0 Å². The summed E-state index contributed by atoms with van der Waals surface area (Å²) in [5.74, 6) is 0. The highest BCUT2D eigenvalue weighted by Gasteiger charge is 2.26. The van der Waals surface area contributed by atoms with Crippen LogP contribution in [0.3, 0.4) is 0 Å². The van der Waals surface area contributed by atoms with E-state index >= 15 is 0 Å². The molecule has 30 heavy (non-hydrogen) atoms. The van der Waals surface area contributed by atoms with E-state index in [4.69, 9.17) is 0 Å². The SMILES string of the molecule is CC(C)(C)c1cc2c3ccsc3c3ccc(C(C)(C)C)c4c5ccsc5c(c1)c2c34. The monoisotopic (exact) mass is 426 g/mol. The molecule has 150 valence electrons. The molecule has 0 bridgehead atoms. The number of thiophene rings is 2. The summed E-state index contributed by atoms with van der Waals surface area (Å²) < 4.78 is 2.86. The minimum Gasteiger partial charge on any atom is -0.143 e. The molecule has 2 heterocycles. The van der Waals surface area contributed by atoms with Gasteiger partial charge < -0.3 is 0 Å². The second-order valence-electron chi connectivity index (χ2n) is 10.7. The van der Waals surface area contributed by atoms with Gasteiger partial charge in [0.1, 0.15) is 0 Å². The summed E-state index contributed by atoms with van der Waals surface area (Å²) in [5, 5.41) is 16.0. The van der Waals surface area contributed by atoms with Crippen LogP contribution in [0.15, 0.2) is 47.2 Å². The van der Waals surface area contributed by atoms with E-state index in [0.717, 1.165) is 0 Å². The molecule has 0 saturated heterocycles. The minimum atomic E-state index is 0.0995. The third kappa shape index (κ3) is 2.32. The molecule has 0 fully saturated rings. The summed E-state index contributed by atoms with van der Waals surface area (Å²) in [6, 6.07) is 14.4. The Hall–Kier alpha value is -2.16. The second-order valence-corrected chi connectivity index (χ2v) is 12.5. The zero-order valence-corrected chi connectivity index (χ0v) is 20.1. The predicted octanol–water partition coefficient (Wildman–Crippen LogP) is 9.61. The first-order valence-electron chi connectivity index (χ1n) is 10.7. The van der Waals surface area contributed by atoms with E-state index in [0.29, 0.717) is 0 Å². The van der Waals surface area contributed by atoms with E-state index in [-0.39, 0.29) is 10.8 Å². The van der Waals surface area contributed by atoms with Gasteiger partial charge in [0, 0.05) is 30.9 Å². The van der Waals surface area contributed by atoms with Crippen molar-refractivity contribution in [3.05, 3.63) is 58.3 Å². The van der Waals surface area contributed by atoms with Crippen LogP contribution in [0.4, 0.5) is 0 Å². The highest BCUT2D eigenvalue weighted by atomic mass is 32.1. The summed E-state index contributed by atoms with van der Waals surface area (Å²) in [4.78, 5) is 0. The summed E-state index contributed by atoms with van der Waals surface area (Å²) in [6.45, 7) is 14.0. The van der Waals surface area contributed by atoms with Crippen molar-refractivity contribution in [1.82, 2.24) is 0 Å². The number of hydrogen-bond acceptors (Lipinski definition) is 2. The first kappa shape index (κ1) is 18.6. The fraction of sp³-hybridized carbons (Fsp3) is 0.286. The number of benzene rings is 4. The molecule has 0 aliphatic heterocycles. The van der Waals surface area contributed by atoms with Crippen LogP contribution in [0.25, 0.3) is 52.5 Å². The van der Waals surface area contributed by atoms with Crippen LogP contribution in [0.5, 0.6) is 0 Å². The van der Waals surface area contributed by atoms with Gasteiger partial charge in [-0.15, -0.1) is 22.7 Å². The first-order chi connectivity index (χ1) is 14.2. The lowest BCUT2D eigenvalue weighted by atomic mass is 9.78. The van der Waals surface area contributed by atoms with Crippen LogP contribution < -0.4 is 0 Å². The second kappa shape index (κ2) is 5.75. The van der Waals surface area contributed by atoms with Gasteiger partial charge in [0.05, 0.1) is 0 Å². The fourth-order valence-electron chi connectivity index (χ4n) is 5.14. The molecular weight excluding hydrogens is 400 g/mol. The molecule has 2 heteroatoms. The lowest BCUT2D eigenvalue weighted by Crippen LogP contribution is -2.12. The standard InChI is InChI=1S/C28H26S2/c1-27(2,3)15-13-19-16-9-11-29-25(16)17-7-8-21(28(4,5)6)23-18-10-12-30-26(18)20(14-15)22(19)24(17)23/h7-14H,1-6H3. The Morgan fingerprint density at radius 3 is 1.80 bits per heavy atom. The minimum absolute atomic E-state index is 0.0995. The highest BCUT2D eigenvalue weighted by Crippen LogP contribution is 2.50. The topological polar surface area (TPSA) is 0 Å². The smallest absolute Gasteiger partial charge is 0.0428 e. The third-order valence-corrected chi connectivity index (χ3v) is 8.54. The Bertz CT molecular complexity index is 1570. The summed E-state index contributed by atoms with van der Waals surface area (Å²) in [6.07, 6.45) is 0. The summed E-state index contributed by atoms with van der Waals surface area (Å²) in [7, 11) is 0. The van der Waals surface area contributed by atoms with Crippen molar-refractivity contribution in [1.29, 1.82) is 0 Å². The third-order valence-electron chi connectivity index (χ3n) is 6.65. The molecule has 0 saturated carbocycles. The first-order valence-corrected chi connectivity index (χ1v) is 12.4. The average Bonchev–Trinajstić information content (AvgIpc) is 3.34. The van der Waals surface area contributed by atoms with Crippen LogP contribution >= 0.6 is 22.7 Å². The van der Waals surface area contributed by atoms with Gasteiger partial charge in [0.25, 0.3) is 0 Å². The zero-order chi connectivity index (χ0) is 21.0. The lowest BCUT2D eigenvalue weighted by molar-refractivity contribution is 0.592. The molecule has 0 unspecified atom stereocenters. The molecule has 6 aromatic rings. The highest BCUT2D eigenvalue weighted by molar-refractivity contribution is 7.19. The number of fused-ring (bicyclic) bond motifs is 6. The quantitative estimate of drug-likeness (QED) is 0.212. The van der Waals surface area contributed by atoms with Gasteiger partial charge in [-0.2, -0.15) is 0 Å². The predicted molar refractivity (Wildman–Crippen MR) is 138 cm³/mol. The number of hydrogen-bond donors (Lipinski definition) is 0. The Morgan fingerprint density at radius 2 is 1.13 bits per heavy atom. The fourth-order valence-corrected chi connectivity index (χ4v) is 7.00. The molecule has 0 N–H and O–H groups in total. The number of rotatable bonds is 0. The molecule has 0 spiro atoms. The van der Waals surface area contributed by atoms with Gasteiger partial charge >= 0.3 is 0 Å². The Balaban J connectivity index is 2.04. The summed E-state index contributed by atoms with van der Waals surface area (Å²) >= 11 is 3.78. The van der Waals surface area contributed by atoms with Crippen molar-refractivity contribution in [2.75, 3.05) is 0 Å². The molecule has 0 atom stereocenters. The maximum Gasteiger partial charge on any atom is 0.0428 e. The van der Waals surface area contributed by atoms with Crippen LogP contribution in [0, 0.1) is 0 Å². The Morgan fingerprint density at radius 1 is 0.533 bits per heavy atom. The van der Waals surface area contributed by atoms with Crippen molar-refractivity contribution in [3.8, 4) is 0 Å². The van der Waals surface area contributed by atoms with Crippen molar-refractivity contribution < 1.29 is 0 Å². The lowest BCUT2D eigenvalue weighted by Gasteiger charge is -2.26. The van der Waals surface area contributed by atoms with Crippen molar-refractivity contribution in [2.45, 2.75) is 52.4 Å².